The minimum atomic E-state index is -0.159. The average molecular weight is 257 g/mol. The smallest absolute Gasteiger partial charge is 0.125 e. The molecule has 1 aliphatic rings. The van der Waals surface area contributed by atoms with Gasteiger partial charge in [-0.25, -0.2) is 0 Å². The van der Waals surface area contributed by atoms with Crippen LogP contribution in [0.2, 0.25) is 0 Å². The van der Waals surface area contributed by atoms with Crippen LogP contribution in [0.25, 0.3) is 0 Å². The molecular weight excluding hydrogens is 238 g/mol. The summed E-state index contributed by atoms with van der Waals surface area (Å²) in [7, 11) is 1.92. The molecule has 1 atom stereocenters. The lowest BCUT2D eigenvalue weighted by atomic mass is 9.89. The number of ether oxygens (including phenoxy) is 1. The molecule has 1 aromatic carbocycles. The number of fused-ring (bicyclic) bond motifs is 1. The van der Waals surface area contributed by atoms with Gasteiger partial charge in [-0.2, -0.15) is 5.10 Å². The van der Waals surface area contributed by atoms with E-state index in [1.807, 2.05) is 31.6 Å². The summed E-state index contributed by atoms with van der Waals surface area (Å²) in [6, 6.07) is 8.48. The molecule has 2 aromatic rings. The molecule has 4 heteroatoms. The maximum Gasteiger partial charge on any atom is 0.125 e. The molecule has 0 saturated heterocycles. The lowest BCUT2D eigenvalue weighted by molar-refractivity contribution is 0.0759. The summed E-state index contributed by atoms with van der Waals surface area (Å²) < 4.78 is 7.84. The zero-order chi connectivity index (χ0) is 13.5. The molecule has 1 aromatic heterocycles. The van der Waals surface area contributed by atoms with Gasteiger partial charge in [0.05, 0.1) is 17.9 Å². The zero-order valence-electron chi connectivity index (χ0n) is 11.6. The molecule has 2 heterocycles. The molecule has 0 saturated carbocycles. The first-order chi connectivity index (χ1) is 9.03. The van der Waals surface area contributed by atoms with Gasteiger partial charge in [-0.05, 0) is 19.9 Å². The van der Waals surface area contributed by atoms with E-state index in [0.717, 1.165) is 17.9 Å². The molecule has 1 N–H and O–H groups in total. The summed E-state index contributed by atoms with van der Waals surface area (Å²) in [6.45, 7) is 4.25. The van der Waals surface area contributed by atoms with E-state index < -0.39 is 0 Å². The molecule has 4 nitrogen and oxygen atoms in total. The Balaban J connectivity index is 1.92. The van der Waals surface area contributed by atoms with E-state index >= 15 is 0 Å². The van der Waals surface area contributed by atoms with E-state index in [1.165, 1.54) is 5.56 Å². The molecule has 0 amide bonds. The van der Waals surface area contributed by atoms with E-state index in [2.05, 4.69) is 36.4 Å². The lowest BCUT2D eigenvalue weighted by Gasteiger charge is -2.38. The van der Waals surface area contributed by atoms with Gasteiger partial charge in [-0.15, -0.1) is 0 Å². The Morgan fingerprint density at radius 3 is 2.89 bits per heavy atom. The van der Waals surface area contributed by atoms with E-state index in [9.17, 15) is 0 Å². The number of hydrogen-bond donors (Lipinski definition) is 1. The third-order valence-electron chi connectivity index (χ3n) is 3.42. The van der Waals surface area contributed by atoms with E-state index in [-0.39, 0.29) is 11.6 Å². The fourth-order valence-corrected chi connectivity index (χ4v) is 2.63. The van der Waals surface area contributed by atoms with Crippen molar-refractivity contribution in [2.24, 2.45) is 7.05 Å². The van der Waals surface area contributed by atoms with Crippen molar-refractivity contribution in [2.75, 3.05) is 5.32 Å². The van der Waals surface area contributed by atoms with Crippen molar-refractivity contribution in [1.82, 2.24) is 9.78 Å². The van der Waals surface area contributed by atoms with Crippen molar-refractivity contribution < 1.29 is 4.74 Å². The van der Waals surface area contributed by atoms with Gasteiger partial charge in [-0.1, -0.05) is 18.2 Å². The van der Waals surface area contributed by atoms with Gasteiger partial charge in [0.25, 0.3) is 0 Å². The van der Waals surface area contributed by atoms with Gasteiger partial charge >= 0.3 is 0 Å². The molecular formula is C15H19N3O. The topological polar surface area (TPSA) is 39.1 Å². The Morgan fingerprint density at radius 2 is 2.16 bits per heavy atom. The van der Waals surface area contributed by atoms with Crippen LogP contribution in [0.5, 0.6) is 5.75 Å². The first-order valence-corrected chi connectivity index (χ1v) is 6.57. The van der Waals surface area contributed by atoms with Crippen LogP contribution < -0.4 is 10.1 Å². The van der Waals surface area contributed by atoms with Gasteiger partial charge < -0.3 is 10.1 Å². The molecule has 0 aliphatic carbocycles. The number of aryl methyl sites for hydroxylation is 1. The first kappa shape index (κ1) is 12.1. The fourth-order valence-electron chi connectivity index (χ4n) is 2.63. The third-order valence-corrected chi connectivity index (χ3v) is 3.42. The highest BCUT2D eigenvalue weighted by Gasteiger charge is 2.33. The van der Waals surface area contributed by atoms with Gasteiger partial charge in [-0.3, -0.25) is 4.68 Å². The Kier molecular flexibility index (Phi) is 2.73. The average Bonchev–Trinajstić information content (AvgIpc) is 2.73. The van der Waals surface area contributed by atoms with Crippen molar-refractivity contribution in [1.29, 1.82) is 0 Å². The summed E-state index contributed by atoms with van der Waals surface area (Å²) in [5.74, 6) is 0.972. The van der Waals surface area contributed by atoms with Crippen LogP contribution in [0.1, 0.15) is 31.9 Å². The molecule has 0 spiro atoms. The number of aromatic nitrogens is 2. The minimum absolute atomic E-state index is 0.159. The summed E-state index contributed by atoms with van der Waals surface area (Å²) in [5, 5.41) is 7.75. The SMILES string of the molecule is Cn1cc(NC2CC(C)(C)Oc3ccccc32)cn1. The van der Waals surface area contributed by atoms with Gasteiger partial charge in [0.1, 0.15) is 11.4 Å². The van der Waals surface area contributed by atoms with Crippen LogP contribution in [-0.2, 0) is 7.05 Å². The predicted octanol–water partition coefficient (Wildman–Crippen LogP) is 3.13. The van der Waals surface area contributed by atoms with E-state index in [1.54, 1.807) is 4.68 Å². The zero-order valence-corrected chi connectivity index (χ0v) is 11.6. The van der Waals surface area contributed by atoms with Crippen molar-refractivity contribution >= 4 is 5.69 Å². The second-order valence-electron chi connectivity index (χ2n) is 5.70. The van der Waals surface area contributed by atoms with E-state index in [4.69, 9.17) is 4.74 Å². The lowest BCUT2D eigenvalue weighted by Crippen LogP contribution is -2.37. The fraction of sp³-hybridized carbons (Fsp3) is 0.400. The van der Waals surface area contributed by atoms with Crippen LogP contribution in [-0.4, -0.2) is 15.4 Å². The minimum Gasteiger partial charge on any atom is -0.487 e. The van der Waals surface area contributed by atoms with Gasteiger partial charge in [0, 0.05) is 25.2 Å². The molecule has 100 valence electrons. The largest absolute Gasteiger partial charge is 0.487 e. The number of benzene rings is 1. The highest BCUT2D eigenvalue weighted by Crippen LogP contribution is 2.40. The summed E-state index contributed by atoms with van der Waals surface area (Å²) in [6.07, 6.45) is 4.77. The monoisotopic (exact) mass is 257 g/mol. The Labute approximate surface area is 113 Å². The highest BCUT2D eigenvalue weighted by atomic mass is 16.5. The van der Waals surface area contributed by atoms with Gasteiger partial charge in [0.2, 0.25) is 0 Å². The Bertz CT molecular complexity index is 589. The summed E-state index contributed by atoms with van der Waals surface area (Å²) in [4.78, 5) is 0. The quantitative estimate of drug-likeness (QED) is 0.898. The predicted molar refractivity (Wildman–Crippen MR) is 75.3 cm³/mol. The summed E-state index contributed by atoms with van der Waals surface area (Å²) >= 11 is 0. The molecule has 0 bridgehead atoms. The molecule has 0 fully saturated rings. The first-order valence-electron chi connectivity index (χ1n) is 6.57. The number of anilines is 1. The van der Waals surface area contributed by atoms with Crippen molar-refractivity contribution in [2.45, 2.75) is 31.9 Å². The van der Waals surface area contributed by atoms with Crippen molar-refractivity contribution in [3.8, 4) is 5.75 Å². The van der Waals surface area contributed by atoms with Gasteiger partial charge in [0.15, 0.2) is 0 Å². The third kappa shape index (κ3) is 2.43. The Morgan fingerprint density at radius 1 is 1.37 bits per heavy atom. The molecule has 1 unspecified atom stereocenters. The van der Waals surface area contributed by atoms with Crippen LogP contribution in [0.3, 0.4) is 0 Å². The van der Waals surface area contributed by atoms with Crippen LogP contribution in [0.4, 0.5) is 5.69 Å². The van der Waals surface area contributed by atoms with E-state index in [0.29, 0.717) is 0 Å². The second-order valence-corrected chi connectivity index (χ2v) is 5.70. The number of nitrogens with zero attached hydrogens (tertiary/aromatic N) is 2. The maximum atomic E-state index is 6.03. The normalized spacial score (nSPS) is 20.5. The molecule has 0 radical (unpaired) electrons. The molecule has 1 aliphatic heterocycles. The number of hydrogen-bond acceptors (Lipinski definition) is 3. The van der Waals surface area contributed by atoms with Crippen LogP contribution >= 0.6 is 0 Å². The summed E-state index contributed by atoms with van der Waals surface area (Å²) in [5.41, 5.74) is 2.10. The number of nitrogens with one attached hydrogen (secondary N) is 1. The maximum absolute atomic E-state index is 6.03. The molecule has 3 rings (SSSR count). The van der Waals surface area contributed by atoms with Crippen molar-refractivity contribution in [3.05, 3.63) is 42.2 Å². The molecule has 19 heavy (non-hydrogen) atoms. The number of rotatable bonds is 2. The van der Waals surface area contributed by atoms with Crippen LogP contribution in [0.15, 0.2) is 36.7 Å². The number of para-hydroxylation sites is 1. The second kappa shape index (κ2) is 4.30. The Hall–Kier alpha value is -1.97. The highest BCUT2D eigenvalue weighted by molar-refractivity contribution is 5.47. The standard InChI is InChI=1S/C15H19N3O/c1-15(2)8-13(17-11-9-16-18(3)10-11)12-6-4-5-7-14(12)19-15/h4-7,9-10,13,17H,8H2,1-3H3. The van der Waals surface area contributed by atoms with Crippen molar-refractivity contribution in [3.63, 3.8) is 0 Å². The van der Waals surface area contributed by atoms with Crippen LogP contribution in [0, 0.1) is 0 Å².